The summed E-state index contributed by atoms with van der Waals surface area (Å²) in [6, 6.07) is 0. The molecule has 0 saturated carbocycles. The van der Waals surface area contributed by atoms with Gasteiger partial charge in [-0.15, -0.1) is 0 Å². The van der Waals surface area contributed by atoms with Gasteiger partial charge in [0.2, 0.25) is 0 Å². The van der Waals surface area contributed by atoms with Crippen LogP contribution in [0, 0.1) is 11.8 Å². The van der Waals surface area contributed by atoms with Gasteiger partial charge in [0.05, 0.1) is 31.4 Å². The van der Waals surface area contributed by atoms with Gasteiger partial charge in [-0.2, -0.15) is 0 Å². The molecule has 0 saturated heterocycles. The van der Waals surface area contributed by atoms with Crippen LogP contribution in [-0.2, 0) is 25.6 Å². The second-order valence-corrected chi connectivity index (χ2v) is 17.0. The number of ether oxygens (including phenoxy) is 2. The van der Waals surface area contributed by atoms with Crippen LogP contribution < -0.4 is 0 Å². The van der Waals surface area contributed by atoms with Crippen LogP contribution in [0.25, 0.3) is 0 Å². The summed E-state index contributed by atoms with van der Waals surface area (Å²) in [7, 11) is 0. The third kappa shape index (κ3) is 35.7. The fraction of sp³-hybridized carbons (Fsp3) is 0.900. The maximum Gasteiger partial charge on any atom is 0.308 e. The molecule has 0 aliphatic carbocycles. The molecular formula is C50H97N3O4. The molecule has 1 aromatic rings. The summed E-state index contributed by atoms with van der Waals surface area (Å²) in [5.74, 6) is 0.415. The predicted octanol–water partition coefficient (Wildman–Crippen LogP) is 14.7. The number of hydrogen-bond donors (Lipinski definition) is 0. The molecular weight excluding hydrogens is 707 g/mol. The molecule has 0 fully saturated rings. The first kappa shape index (κ1) is 55.1. The molecule has 0 aliphatic heterocycles. The molecule has 2 atom stereocenters. The Bertz CT molecular complexity index is 955. The zero-order chi connectivity index (χ0) is 41.9. The van der Waals surface area contributed by atoms with E-state index in [1.807, 2.05) is 18.7 Å². The number of imidazole rings is 1. The van der Waals surface area contributed by atoms with Crippen LogP contribution in [0.5, 0.6) is 0 Å². The lowest BCUT2D eigenvalue weighted by molar-refractivity contribution is -0.150. The van der Waals surface area contributed by atoms with Crippen LogP contribution in [0.2, 0.25) is 0 Å². The van der Waals surface area contributed by atoms with Crippen molar-refractivity contribution in [1.82, 2.24) is 14.5 Å². The minimum atomic E-state index is 0.0681. The van der Waals surface area contributed by atoms with E-state index in [1.165, 1.54) is 148 Å². The van der Waals surface area contributed by atoms with Crippen molar-refractivity contribution in [3.05, 3.63) is 18.7 Å². The van der Waals surface area contributed by atoms with Gasteiger partial charge < -0.3 is 18.9 Å². The van der Waals surface area contributed by atoms with Gasteiger partial charge in [-0.1, -0.05) is 189 Å². The van der Waals surface area contributed by atoms with Crippen molar-refractivity contribution >= 4 is 11.9 Å². The van der Waals surface area contributed by atoms with Gasteiger partial charge in [0.25, 0.3) is 0 Å². The third-order valence-corrected chi connectivity index (χ3v) is 11.4. The van der Waals surface area contributed by atoms with E-state index in [9.17, 15) is 9.59 Å². The van der Waals surface area contributed by atoms with Crippen LogP contribution in [0.4, 0.5) is 0 Å². The second kappa shape index (κ2) is 43.7. The summed E-state index contributed by atoms with van der Waals surface area (Å²) in [6.45, 7) is 19.0. The smallest absolute Gasteiger partial charge is 0.308 e. The number of esters is 2. The lowest BCUT2D eigenvalue weighted by Gasteiger charge is -2.21. The molecule has 2 unspecified atom stereocenters. The molecule has 0 spiro atoms. The Kier molecular flexibility index (Phi) is 42.2. The summed E-state index contributed by atoms with van der Waals surface area (Å²) < 4.78 is 13.4. The normalized spacial score (nSPS) is 12.3. The molecule has 0 aromatic carbocycles. The maximum atomic E-state index is 12.8. The SMILES string of the molecule is CCCCCCCCC(CCCCCC)C(=O)OCCCC.CCCCCCCCC(CCCCCC)C(=O)OCCCCCCN(CCC)CCn1ccnc1. The lowest BCUT2D eigenvalue weighted by atomic mass is 9.94. The maximum absolute atomic E-state index is 12.8. The van der Waals surface area contributed by atoms with Crippen molar-refractivity contribution in [2.45, 2.75) is 247 Å². The molecule has 0 aliphatic rings. The standard InChI is InChI=1S/C30H57N3O2.C20H40O2/c1-4-7-9-11-12-16-20-29(19-15-10-8-5-2)30(34)35-27-18-14-13-17-23-32(22-6-3)25-26-33-24-21-31-28-33;1-4-7-10-12-13-15-17-19(16-14-11-8-5-2)20(21)22-18-9-6-3/h21,24,28-29H,4-20,22-23,25-27H2,1-3H3;19H,4-18H2,1-3H3. The van der Waals surface area contributed by atoms with E-state index in [4.69, 9.17) is 9.47 Å². The first-order chi connectivity index (χ1) is 28.0. The van der Waals surface area contributed by atoms with E-state index in [2.05, 4.69) is 56.0 Å². The van der Waals surface area contributed by atoms with Gasteiger partial charge >= 0.3 is 11.9 Å². The Labute approximate surface area is 355 Å². The van der Waals surface area contributed by atoms with Crippen molar-refractivity contribution in [3.63, 3.8) is 0 Å². The minimum Gasteiger partial charge on any atom is -0.465 e. The second-order valence-electron chi connectivity index (χ2n) is 17.0. The Morgan fingerprint density at radius 3 is 1.32 bits per heavy atom. The van der Waals surface area contributed by atoms with Crippen LogP contribution in [0.3, 0.4) is 0 Å². The van der Waals surface area contributed by atoms with Crippen molar-refractivity contribution in [1.29, 1.82) is 0 Å². The Balaban J connectivity index is 0.00000123. The molecule has 0 N–H and O–H groups in total. The predicted molar refractivity (Wildman–Crippen MR) is 245 cm³/mol. The average molecular weight is 804 g/mol. The van der Waals surface area contributed by atoms with Crippen LogP contribution in [0.1, 0.15) is 241 Å². The van der Waals surface area contributed by atoms with Crippen molar-refractivity contribution in [3.8, 4) is 0 Å². The van der Waals surface area contributed by atoms with Gasteiger partial charge in [0, 0.05) is 25.5 Å². The summed E-state index contributed by atoms with van der Waals surface area (Å²) in [6.07, 6.45) is 43.1. The first-order valence-electron chi connectivity index (χ1n) is 25.0. The van der Waals surface area contributed by atoms with Crippen LogP contribution in [-0.4, -0.2) is 59.2 Å². The number of unbranched alkanes of at least 4 members (excludes halogenated alkanes) is 20. The zero-order valence-corrected chi connectivity index (χ0v) is 39.0. The fourth-order valence-electron chi connectivity index (χ4n) is 7.58. The zero-order valence-electron chi connectivity index (χ0n) is 39.0. The highest BCUT2D eigenvalue weighted by molar-refractivity contribution is 5.72. The van der Waals surface area contributed by atoms with E-state index in [0.29, 0.717) is 13.2 Å². The van der Waals surface area contributed by atoms with Gasteiger partial charge in [0.15, 0.2) is 0 Å². The van der Waals surface area contributed by atoms with Crippen LogP contribution in [0.15, 0.2) is 18.7 Å². The van der Waals surface area contributed by atoms with E-state index in [1.54, 1.807) is 0 Å². The fourth-order valence-corrected chi connectivity index (χ4v) is 7.58. The molecule has 57 heavy (non-hydrogen) atoms. The number of aromatic nitrogens is 2. The van der Waals surface area contributed by atoms with Crippen LogP contribution >= 0.6 is 0 Å². The van der Waals surface area contributed by atoms with Gasteiger partial charge in [-0.3, -0.25) is 9.59 Å². The van der Waals surface area contributed by atoms with E-state index < -0.39 is 0 Å². The molecule has 7 heteroatoms. The topological polar surface area (TPSA) is 73.7 Å². The Morgan fingerprint density at radius 1 is 0.474 bits per heavy atom. The molecule has 1 aromatic heterocycles. The summed E-state index contributed by atoms with van der Waals surface area (Å²) >= 11 is 0. The van der Waals surface area contributed by atoms with Crippen molar-refractivity contribution < 1.29 is 19.1 Å². The molecule has 0 radical (unpaired) electrons. The highest BCUT2D eigenvalue weighted by atomic mass is 16.5. The number of nitrogens with zero attached hydrogens (tertiary/aromatic N) is 3. The van der Waals surface area contributed by atoms with Crippen molar-refractivity contribution in [2.24, 2.45) is 11.8 Å². The first-order valence-corrected chi connectivity index (χ1v) is 25.0. The summed E-state index contributed by atoms with van der Waals surface area (Å²) in [5.41, 5.74) is 0. The van der Waals surface area contributed by atoms with E-state index in [-0.39, 0.29) is 23.8 Å². The number of rotatable bonds is 41. The van der Waals surface area contributed by atoms with Gasteiger partial charge in [0.1, 0.15) is 0 Å². The van der Waals surface area contributed by atoms with E-state index in [0.717, 1.165) is 77.5 Å². The highest BCUT2D eigenvalue weighted by Gasteiger charge is 2.20. The quantitative estimate of drug-likeness (QED) is 0.0485. The molecule has 0 bridgehead atoms. The van der Waals surface area contributed by atoms with Gasteiger partial charge in [-0.05, 0) is 64.5 Å². The average Bonchev–Trinajstić information content (AvgIpc) is 3.75. The monoisotopic (exact) mass is 804 g/mol. The number of hydrogen-bond acceptors (Lipinski definition) is 6. The summed E-state index contributed by atoms with van der Waals surface area (Å²) in [4.78, 5) is 31.7. The van der Waals surface area contributed by atoms with Crippen molar-refractivity contribution in [2.75, 3.05) is 32.8 Å². The third-order valence-electron chi connectivity index (χ3n) is 11.4. The summed E-state index contributed by atoms with van der Waals surface area (Å²) in [5, 5.41) is 0. The molecule has 7 nitrogen and oxygen atoms in total. The van der Waals surface area contributed by atoms with E-state index >= 15 is 0 Å². The highest BCUT2D eigenvalue weighted by Crippen LogP contribution is 2.22. The largest absolute Gasteiger partial charge is 0.465 e. The molecule has 1 heterocycles. The number of carbonyl (C=O) groups is 2. The Hall–Kier alpha value is -1.89. The molecule has 336 valence electrons. The Morgan fingerprint density at radius 2 is 0.877 bits per heavy atom. The minimum absolute atomic E-state index is 0.0681. The molecule has 1 rings (SSSR count). The lowest BCUT2D eigenvalue weighted by Crippen LogP contribution is -2.29. The number of carbonyl (C=O) groups excluding carboxylic acids is 2. The van der Waals surface area contributed by atoms with Gasteiger partial charge in [-0.25, -0.2) is 4.98 Å². The molecule has 0 amide bonds.